The molecule has 1 aromatic carbocycles. The number of aromatic nitrogens is 3. The fourth-order valence-corrected chi connectivity index (χ4v) is 6.69. The molecule has 40 heavy (non-hydrogen) atoms. The number of rotatable bonds is 10. The van der Waals surface area contributed by atoms with Crippen molar-refractivity contribution in [3.8, 4) is 0 Å². The van der Waals surface area contributed by atoms with Gasteiger partial charge in [0.1, 0.15) is 29.8 Å². The van der Waals surface area contributed by atoms with E-state index in [-0.39, 0.29) is 16.7 Å². The molecule has 1 fully saturated rings. The number of aliphatic hydroxyl groups is 2. The number of phosphoric acid groups is 3. The monoisotopic (exact) mass is 633 g/mol. The number of nitrogens with zero attached hydrogens (tertiary/aromatic N) is 3. The molecule has 1 aliphatic heterocycles. The second kappa shape index (κ2) is 11.1. The van der Waals surface area contributed by atoms with Crippen molar-refractivity contribution < 1.29 is 70.3 Å². The van der Waals surface area contributed by atoms with Crippen LogP contribution in [0.15, 0.2) is 44.6 Å². The van der Waals surface area contributed by atoms with Crippen molar-refractivity contribution in [3.05, 3.63) is 62.8 Å². The van der Waals surface area contributed by atoms with Crippen LogP contribution in [-0.2, 0) is 38.1 Å². The van der Waals surface area contributed by atoms with Crippen LogP contribution in [-0.4, -0.2) is 69.0 Å². The molecule has 220 valence electrons. The van der Waals surface area contributed by atoms with Crippen LogP contribution >= 0.6 is 23.5 Å². The van der Waals surface area contributed by atoms with Gasteiger partial charge in [-0.1, -0.05) is 5.16 Å². The Labute approximate surface area is 220 Å². The minimum Gasteiger partial charge on any atom is -0.387 e. The number of benzene rings is 1. The fraction of sp³-hybridized carbons (Fsp3) is 0.353. The Balaban J connectivity index is 1.51. The number of ether oxygens (including phenoxy) is 1. The number of phosphoric ester groups is 1. The van der Waals surface area contributed by atoms with Crippen LogP contribution in [0.25, 0.3) is 11.0 Å². The van der Waals surface area contributed by atoms with E-state index in [4.69, 9.17) is 19.0 Å². The van der Waals surface area contributed by atoms with Gasteiger partial charge in [0, 0.05) is 17.6 Å². The van der Waals surface area contributed by atoms with Crippen molar-refractivity contribution in [1.29, 1.82) is 0 Å². The standard InChI is InChI=1S/C17H19FN3O16P3/c18-8-1-2-11-9(5-8)10(19-35-11)6-21-13(22)3-4-20(17(21)25)16-15(24)14(23)12(34-16)7-33-39(29,30)37-40(31,32)36-38(26,27)28/h1-5,12,14-16,23-24H,6-7H2,(H,29,30)(H,31,32)(H2,26,27,28)/t12-,14+,15+,16-/m1/s1. The highest BCUT2D eigenvalue weighted by molar-refractivity contribution is 7.66. The summed E-state index contributed by atoms with van der Waals surface area (Å²) in [5.74, 6) is -0.631. The SMILES string of the molecule is O=c1ccn([C@@H]2O[C@H](COP(=O)(O)OP(=O)(O)OP(=O)(O)O)[C@H](O)[C@@H]2O)c(=O)n1Cc1noc2ccc(F)cc12. The summed E-state index contributed by atoms with van der Waals surface area (Å²) in [4.78, 5) is 61.4. The lowest BCUT2D eigenvalue weighted by Crippen LogP contribution is -2.43. The van der Waals surface area contributed by atoms with Gasteiger partial charge in [-0.3, -0.25) is 18.5 Å². The molecule has 0 amide bonds. The lowest BCUT2D eigenvalue weighted by molar-refractivity contribution is -0.0547. The molecule has 0 radical (unpaired) electrons. The van der Waals surface area contributed by atoms with E-state index >= 15 is 0 Å². The zero-order chi connectivity index (χ0) is 29.6. The average molecular weight is 633 g/mol. The third-order valence-corrected chi connectivity index (χ3v) is 9.14. The number of hydrogen-bond donors (Lipinski definition) is 6. The minimum absolute atomic E-state index is 0.0215. The van der Waals surface area contributed by atoms with E-state index in [1.807, 2.05) is 0 Å². The predicted molar refractivity (Wildman–Crippen MR) is 124 cm³/mol. The van der Waals surface area contributed by atoms with E-state index in [0.29, 0.717) is 9.13 Å². The van der Waals surface area contributed by atoms with Crippen molar-refractivity contribution in [2.75, 3.05) is 6.61 Å². The molecule has 3 aromatic rings. The first-order valence-electron chi connectivity index (χ1n) is 10.6. The van der Waals surface area contributed by atoms with E-state index < -0.39 is 78.2 Å². The molecule has 0 saturated carbocycles. The second-order valence-corrected chi connectivity index (χ2v) is 12.6. The summed E-state index contributed by atoms with van der Waals surface area (Å²) >= 11 is 0. The maximum atomic E-state index is 13.7. The van der Waals surface area contributed by atoms with Crippen LogP contribution in [0.5, 0.6) is 0 Å². The Bertz CT molecular complexity index is 1680. The number of hydrogen-bond acceptors (Lipinski definition) is 13. The number of halogens is 1. The van der Waals surface area contributed by atoms with Crippen LogP contribution in [0.2, 0.25) is 0 Å². The van der Waals surface area contributed by atoms with Crippen molar-refractivity contribution in [3.63, 3.8) is 0 Å². The molecule has 19 nitrogen and oxygen atoms in total. The summed E-state index contributed by atoms with van der Waals surface area (Å²) in [5.41, 5.74) is -1.71. The molecule has 4 rings (SSSR count). The van der Waals surface area contributed by atoms with Gasteiger partial charge in [-0.2, -0.15) is 8.62 Å². The maximum Gasteiger partial charge on any atom is 0.490 e. The van der Waals surface area contributed by atoms with Gasteiger partial charge in [0.2, 0.25) is 0 Å². The lowest BCUT2D eigenvalue weighted by Gasteiger charge is -2.19. The van der Waals surface area contributed by atoms with Gasteiger partial charge in [-0.25, -0.2) is 22.9 Å². The highest BCUT2D eigenvalue weighted by Gasteiger charge is 2.47. The number of aliphatic hydroxyl groups excluding tert-OH is 2. The van der Waals surface area contributed by atoms with Gasteiger partial charge in [0.05, 0.1) is 13.2 Å². The summed E-state index contributed by atoms with van der Waals surface area (Å²) in [6.45, 7) is -1.61. The van der Waals surface area contributed by atoms with Crippen LogP contribution < -0.4 is 11.2 Å². The third kappa shape index (κ3) is 6.89. The van der Waals surface area contributed by atoms with E-state index in [0.717, 1.165) is 24.4 Å². The van der Waals surface area contributed by atoms with Crippen LogP contribution in [0.1, 0.15) is 11.9 Å². The van der Waals surface area contributed by atoms with Crippen molar-refractivity contribution >= 4 is 34.4 Å². The smallest absolute Gasteiger partial charge is 0.387 e. The second-order valence-electron chi connectivity index (χ2n) is 8.13. The Kier molecular flexibility index (Phi) is 8.48. The normalized spacial score (nSPS) is 24.7. The zero-order valence-corrected chi connectivity index (χ0v) is 22.1. The molecule has 0 spiro atoms. The number of fused-ring (bicyclic) bond motifs is 1. The molecule has 0 aliphatic carbocycles. The Morgan fingerprint density at radius 2 is 1.70 bits per heavy atom. The highest BCUT2D eigenvalue weighted by Crippen LogP contribution is 2.66. The van der Waals surface area contributed by atoms with E-state index in [2.05, 4.69) is 18.3 Å². The Hall–Kier alpha value is -2.41. The summed E-state index contributed by atoms with van der Waals surface area (Å²) in [6, 6.07) is 4.39. The topological polar surface area (TPSA) is 280 Å². The molecular weight excluding hydrogens is 614 g/mol. The summed E-state index contributed by atoms with van der Waals surface area (Å²) in [5, 5.41) is 24.6. The first kappa shape index (κ1) is 30.5. The summed E-state index contributed by atoms with van der Waals surface area (Å²) < 4.78 is 71.0. The lowest BCUT2D eigenvalue weighted by atomic mass is 10.1. The van der Waals surface area contributed by atoms with Crippen LogP contribution in [0.4, 0.5) is 4.39 Å². The Morgan fingerprint density at radius 3 is 2.38 bits per heavy atom. The largest absolute Gasteiger partial charge is 0.490 e. The average Bonchev–Trinajstić information content (AvgIpc) is 3.33. The van der Waals surface area contributed by atoms with Gasteiger partial charge in [-0.05, 0) is 18.2 Å². The van der Waals surface area contributed by atoms with Gasteiger partial charge in [-0.15, -0.1) is 0 Å². The molecule has 6 N–H and O–H groups in total. The quantitative estimate of drug-likeness (QED) is 0.151. The molecule has 6 atom stereocenters. The van der Waals surface area contributed by atoms with Gasteiger partial charge in [0.25, 0.3) is 5.56 Å². The first-order chi connectivity index (χ1) is 18.5. The molecule has 1 saturated heterocycles. The molecule has 2 unspecified atom stereocenters. The summed E-state index contributed by atoms with van der Waals surface area (Å²) in [7, 11) is -17.0. The predicted octanol–water partition coefficient (Wildman–Crippen LogP) is -0.699. The molecule has 3 heterocycles. The minimum atomic E-state index is -5.81. The van der Waals surface area contributed by atoms with Crippen molar-refractivity contribution in [2.45, 2.75) is 31.1 Å². The van der Waals surface area contributed by atoms with Crippen molar-refractivity contribution in [1.82, 2.24) is 14.3 Å². The van der Waals surface area contributed by atoms with E-state index in [1.165, 1.54) is 6.07 Å². The molecule has 0 bridgehead atoms. The van der Waals surface area contributed by atoms with Crippen LogP contribution in [0, 0.1) is 5.82 Å². The maximum absolute atomic E-state index is 13.7. The van der Waals surface area contributed by atoms with Gasteiger partial charge < -0.3 is 39.0 Å². The van der Waals surface area contributed by atoms with Crippen LogP contribution in [0.3, 0.4) is 0 Å². The fourth-order valence-electron chi connectivity index (χ4n) is 3.66. The molecular formula is C17H19FN3O16P3. The summed E-state index contributed by atoms with van der Waals surface area (Å²) in [6.07, 6.45) is -6.24. The molecule has 1 aliphatic rings. The highest BCUT2D eigenvalue weighted by atomic mass is 31.3. The van der Waals surface area contributed by atoms with E-state index in [1.54, 1.807) is 0 Å². The Morgan fingerprint density at radius 1 is 1.00 bits per heavy atom. The van der Waals surface area contributed by atoms with E-state index in [9.17, 15) is 47.7 Å². The first-order valence-corrected chi connectivity index (χ1v) is 15.1. The third-order valence-electron chi connectivity index (χ3n) is 5.34. The van der Waals surface area contributed by atoms with Gasteiger partial charge >= 0.3 is 29.2 Å². The zero-order valence-electron chi connectivity index (χ0n) is 19.4. The van der Waals surface area contributed by atoms with Crippen molar-refractivity contribution in [2.24, 2.45) is 0 Å². The van der Waals surface area contributed by atoms with Gasteiger partial charge in [0.15, 0.2) is 11.8 Å². The molecule has 2 aromatic heterocycles. The molecule has 23 heteroatoms.